The van der Waals surface area contributed by atoms with Crippen LogP contribution in [-0.4, -0.2) is 4.98 Å². The molecule has 1 aromatic heterocycles. The van der Waals surface area contributed by atoms with Gasteiger partial charge in [-0.25, -0.2) is 13.8 Å². The topological polar surface area (TPSA) is 36.7 Å². The molecule has 1 rings (SSSR count). The van der Waals surface area contributed by atoms with Crippen molar-refractivity contribution in [2.24, 2.45) is 0 Å². The van der Waals surface area contributed by atoms with Gasteiger partial charge in [0.2, 0.25) is 0 Å². The van der Waals surface area contributed by atoms with E-state index < -0.39 is 6.43 Å². The van der Waals surface area contributed by atoms with Crippen molar-refractivity contribution >= 4 is 11.6 Å². The number of hydrogen-bond donors (Lipinski definition) is 0. The summed E-state index contributed by atoms with van der Waals surface area (Å²) in [6.07, 6.45) is -2.68. The Morgan fingerprint density at radius 1 is 1.64 bits per heavy atom. The fourth-order valence-corrected chi connectivity index (χ4v) is 1.33. The maximum atomic E-state index is 12.4. The van der Waals surface area contributed by atoms with Gasteiger partial charge in [0.25, 0.3) is 6.43 Å². The predicted molar refractivity (Wildman–Crippen MR) is 48.2 cm³/mol. The van der Waals surface area contributed by atoms with E-state index in [1.165, 1.54) is 6.07 Å². The lowest BCUT2D eigenvalue weighted by molar-refractivity contribution is 0.150. The molecule has 0 saturated heterocycles. The van der Waals surface area contributed by atoms with Crippen molar-refractivity contribution in [2.75, 3.05) is 0 Å². The van der Waals surface area contributed by atoms with Crippen LogP contribution < -0.4 is 0 Å². The molecule has 0 radical (unpaired) electrons. The average Bonchev–Trinajstić information content (AvgIpc) is 2.17. The van der Waals surface area contributed by atoms with Crippen LogP contribution in [0.2, 0.25) is 0 Å². The third kappa shape index (κ3) is 1.99. The molecule has 0 aliphatic carbocycles. The lowest BCUT2D eigenvalue weighted by atomic mass is 10.1. The number of alkyl halides is 3. The summed E-state index contributed by atoms with van der Waals surface area (Å²) >= 11 is 5.53. The molecule has 0 aliphatic rings. The zero-order chi connectivity index (χ0) is 10.7. The van der Waals surface area contributed by atoms with E-state index in [0.29, 0.717) is 11.3 Å². The maximum Gasteiger partial charge on any atom is 0.266 e. The summed E-state index contributed by atoms with van der Waals surface area (Å²) in [5.74, 6) is 0.115. The van der Waals surface area contributed by atoms with Crippen LogP contribution in [0, 0.1) is 18.3 Å². The van der Waals surface area contributed by atoms with Crippen molar-refractivity contribution in [2.45, 2.75) is 19.2 Å². The first kappa shape index (κ1) is 10.9. The highest BCUT2D eigenvalue weighted by Crippen LogP contribution is 2.24. The fourth-order valence-electron chi connectivity index (χ4n) is 1.06. The summed E-state index contributed by atoms with van der Waals surface area (Å²) in [4.78, 5) is 3.76. The summed E-state index contributed by atoms with van der Waals surface area (Å²) in [6, 6.07) is 2.89. The van der Waals surface area contributed by atoms with Gasteiger partial charge in [-0.3, -0.25) is 0 Å². The second-order valence-corrected chi connectivity index (χ2v) is 3.00. The van der Waals surface area contributed by atoms with Crippen LogP contribution in [0.1, 0.15) is 28.9 Å². The number of halogens is 3. The quantitative estimate of drug-likeness (QED) is 0.713. The summed E-state index contributed by atoms with van der Waals surface area (Å²) in [5, 5.41) is 8.59. The molecule has 0 N–H and O–H groups in total. The monoisotopic (exact) mass is 216 g/mol. The summed E-state index contributed by atoms with van der Waals surface area (Å²) in [5.41, 5.74) is 0.460. The van der Waals surface area contributed by atoms with Gasteiger partial charge in [-0.2, -0.15) is 5.26 Å². The highest BCUT2D eigenvalue weighted by Gasteiger charge is 2.16. The molecule has 74 valence electrons. The molecule has 14 heavy (non-hydrogen) atoms. The molecule has 2 nitrogen and oxygen atoms in total. The van der Waals surface area contributed by atoms with Gasteiger partial charge in [-0.15, -0.1) is 11.6 Å². The van der Waals surface area contributed by atoms with Crippen LogP contribution in [-0.2, 0) is 5.88 Å². The van der Waals surface area contributed by atoms with Gasteiger partial charge in [0.15, 0.2) is 0 Å². The van der Waals surface area contributed by atoms with Crippen molar-refractivity contribution < 1.29 is 8.78 Å². The van der Waals surface area contributed by atoms with Crippen molar-refractivity contribution in [3.8, 4) is 6.07 Å². The van der Waals surface area contributed by atoms with Crippen LogP contribution in [0.3, 0.4) is 0 Å². The van der Waals surface area contributed by atoms with Gasteiger partial charge in [0.05, 0.1) is 17.1 Å². The lowest BCUT2D eigenvalue weighted by Crippen LogP contribution is -2.00. The van der Waals surface area contributed by atoms with E-state index in [9.17, 15) is 8.78 Å². The molecule has 1 heterocycles. The second kappa shape index (κ2) is 4.34. The smallest absolute Gasteiger partial charge is 0.240 e. The highest BCUT2D eigenvalue weighted by molar-refractivity contribution is 6.17. The van der Waals surface area contributed by atoms with Gasteiger partial charge in [-0.1, -0.05) is 0 Å². The molecule has 0 fully saturated rings. The Bertz CT molecular complexity index is 385. The minimum absolute atomic E-state index is 0.115. The Morgan fingerprint density at radius 3 is 2.71 bits per heavy atom. The van der Waals surface area contributed by atoms with Crippen LogP contribution in [0.15, 0.2) is 6.07 Å². The van der Waals surface area contributed by atoms with Gasteiger partial charge in [0.1, 0.15) is 11.8 Å². The highest BCUT2D eigenvalue weighted by atomic mass is 35.5. The Labute approximate surface area is 85.1 Å². The van der Waals surface area contributed by atoms with Crippen LogP contribution in [0.5, 0.6) is 0 Å². The zero-order valence-electron chi connectivity index (χ0n) is 7.39. The van der Waals surface area contributed by atoms with Crippen molar-refractivity contribution in [3.05, 3.63) is 28.6 Å². The third-order valence-corrected chi connectivity index (χ3v) is 2.07. The Kier molecular flexibility index (Phi) is 3.37. The van der Waals surface area contributed by atoms with E-state index >= 15 is 0 Å². The molecular formula is C9H7ClF2N2. The van der Waals surface area contributed by atoms with Crippen molar-refractivity contribution in [3.63, 3.8) is 0 Å². The van der Waals surface area contributed by atoms with E-state index in [2.05, 4.69) is 4.98 Å². The van der Waals surface area contributed by atoms with Crippen LogP contribution in [0.25, 0.3) is 0 Å². The molecule has 0 aliphatic heterocycles. The third-order valence-electron chi connectivity index (χ3n) is 1.81. The molecule has 0 bridgehead atoms. The summed E-state index contributed by atoms with van der Waals surface area (Å²) in [7, 11) is 0. The van der Waals surface area contributed by atoms with E-state index in [0.717, 1.165) is 0 Å². The number of aryl methyl sites for hydroxylation is 1. The van der Waals surface area contributed by atoms with E-state index in [1.54, 1.807) is 13.0 Å². The SMILES string of the molecule is Cc1cc(C(F)F)c(C#N)nc1CCl. The van der Waals surface area contributed by atoms with Crippen LogP contribution in [0.4, 0.5) is 8.78 Å². The lowest BCUT2D eigenvalue weighted by Gasteiger charge is -2.06. The van der Waals surface area contributed by atoms with E-state index in [1.807, 2.05) is 0 Å². The second-order valence-electron chi connectivity index (χ2n) is 2.74. The molecule has 0 aromatic carbocycles. The number of nitrogens with zero attached hydrogens (tertiary/aromatic N) is 2. The Balaban J connectivity index is 3.33. The predicted octanol–water partition coefficient (Wildman–Crippen LogP) is 2.94. The van der Waals surface area contributed by atoms with Gasteiger partial charge >= 0.3 is 0 Å². The first-order chi connectivity index (χ1) is 6.60. The van der Waals surface area contributed by atoms with Gasteiger partial charge in [0, 0.05) is 0 Å². The zero-order valence-corrected chi connectivity index (χ0v) is 8.15. The molecular weight excluding hydrogens is 210 g/mol. The minimum Gasteiger partial charge on any atom is -0.240 e. The van der Waals surface area contributed by atoms with E-state index in [4.69, 9.17) is 16.9 Å². The number of hydrogen-bond acceptors (Lipinski definition) is 2. The molecule has 0 saturated carbocycles. The molecule has 0 unspecified atom stereocenters. The van der Waals surface area contributed by atoms with Crippen molar-refractivity contribution in [1.29, 1.82) is 5.26 Å². The fraction of sp³-hybridized carbons (Fsp3) is 0.333. The summed E-state index contributed by atoms with van der Waals surface area (Å²) in [6.45, 7) is 1.64. The molecule has 0 amide bonds. The largest absolute Gasteiger partial charge is 0.266 e. The van der Waals surface area contributed by atoms with Crippen LogP contribution >= 0.6 is 11.6 Å². The average molecular weight is 217 g/mol. The molecule has 0 atom stereocenters. The first-order valence-electron chi connectivity index (χ1n) is 3.84. The first-order valence-corrected chi connectivity index (χ1v) is 4.38. The Hall–Kier alpha value is -1.21. The van der Waals surface area contributed by atoms with Gasteiger partial charge in [-0.05, 0) is 18.6 Å². The maximum absolute atomic E-state index is 12.4. The molecule has 5 heteroatoms. The number of nitriles is 1. The number of rotatable bonds is 2. The van der Waals surface area contributed by atoms with E-state index in [-0.39, 0.29) is 17.1 Å². The Morgan fingerprint density at radius 2 is 2.29 bits per heavy atom. The molecule has 1 aromatic rings. The number of pyridine rings is 1. The summed E-state index contributed by atoms with van der Waals surface area (Å²) < 4.78 is 24.8. The molecule has 0 spiro atoms. The van der Waals surface area contributed by atoms with Crippen molar-refractivity contribution in [1.82, 2.24) is 4.98 Å². The minimum atomic E-state index is -2.68. The normalized spacial score (nSPS) is 10.3. The van der Waals surface area contributed by atoms with Gasteiger partial charge < -0.3 is 0 Å². The number of aromatic nitrogens is 1. The standard InChI is InChI=1S/C9H7ClF2N2/c1-5-2-6(9(11)12)8(4-13)14-7(5)3-10/h2,9H,3H2,1H3.